The monoisotopic (exact) mass is 322 g/mol. The lowest BCUT2D eigenvalue weighted by Gasteiger charge is -2.19. The van der Waals surface area contributed by atoms with Crippen LogP contribution in [0.4, 0.5) is 8.78 Å². The maximum Gasteiger partial charge on any atom is 0.245 e. The summed E-state index contributed by atoms with van der Waals surface area (Å²) in [7, 11) is -2.75. The molecule has 0 amide bonds. The van der Waals surface area contributed by atoms with E-state index < -0.39 is 38.7 Å². The van der Waals surface area contributed by atoms with Crippen molar-refractivity contribution < 1.29 is 21.9 Å². The molecule has 0 aliphatic carbocycles. The molecular weight excluding hydrogens is 302 g/mol. The maximum absolute atomic E-state index is 14.1. The second-order valence-corrected chi connectivity index (χ2v) is 6.80. The van der Waals surface area contributed by atoms with Gasteiger partial charge in [0.15, 0.2) is 5.82 Å². The lowest BCUT2D eigenvalue weighted by atomic mass is 10.2. The van der Waals surface area contributed by atoms with E-state index in [2.05, 4.69) is 0 Å². The van der Waals surface area contributed by atoms with Gasteiger partial charge in [-0.2, -0.15) is 4.31 Å². The molecule has 0 bridgehead atoms. The van der Waals surface area contributed by atoms with Crippen LogP contribution in [0.3, 0.4) is 0 Å². The number of halogens is 2. The Morgan fingerprint density at radius 3 is 2.48 bits per heavy atom. The first-order chi connectivity index (χ1) is 9.71. The van der Waals surface area contributed by atoms with E-state index in [1.54, 1.807) is 0 Å². The van der Waals surface area contributed by atoms with Gasteiger partial charge in [0, 0.05) is 25.7 Å². The molecule has 0 unspecified atom stereocenters. The van der Waals surface area contributed by atoms with Gasteiger partial charge < -0.3 is 10.5 Å². The summed E-state index contributed by atoms with van der Waals surface area (Å²) in [5, 5.41) is 0. The Kier molecular flexibility index (Phi) is 6.21. The second-order valence-electron chi connectivity index (χ2n) is 4.79. The Morgan fingerprint density at radius 2 is 1.95 bits per heavy atom. The van der Waals surface area contributed by atoms with Crippen LogP contribution in [0.25, 0.3) is 0 Å². The average Bonchev–Trinajstić information content (AvgIpc) is 2.38. The van der Waals surface area contributed by atoms with Gasteiger partial charge in [0.1, 0.15) is 10.7 Å². The fraction of sp³-hybridized carbons (Fsp3) is 0.538. The van der Waals surface area contributed by atoms with Gasteiger partial charge in [-0.15, -0.1) is 0 Å². The van der Waals surface area contributed by atoms with E-state index in [0.29, 0.717) is 0 Å². The topological polar surface area (TPSA) is 72.6 Å². The highest BCUT2D eigenvalue weighted by Crippen LogP contribution is 2.23. The summed E-state index contributed by atoms with van der Waals surface area (Å²) in [4.78, 5) is -0.587. The van der Waals surface area contributed by atoms with Gasteiger partial charge >= 0.3 is 0 Å². The zero-order valence-corrected chi connectivity index (χ0v) is 13.1. The molecule has 1 aromatic rings. The molecule has 0 saturated carbocycles. The molecule has 120 valence electrons. The molecule has 0 heterocycles. The van der Waals surface area contributed by atoms with Crippen LogP contribution in [-0.2, 0) is 21.3 Å². The van der Waals surface area contributed by atoms with Gasteiger partial charge in [-0.05, 0) is 26.0 Å². The fourth-order valence-corrected chi connectivity index (χ4v) is 2.91. The maximum atomic E-state index is 14.1. The number of ether oxygens (including phenoxy) is 1. The molecule has 2 N–H and O–H groups in total. The molecule has 0 saturated heterocycles. The number of nitrogens with zero attached hydrogens (tertiary/aromatic N) is 1. The zero-order valence-electron chi connectivity index (χ0n) is 12.3. The minimum absolute atomic E-state index is 0.0347. The van der Waals surface area contributed by atoms with E-state index in [4.69, 9.17) is 10.5 Å². The normalized spacial score (nSPS) is 12.4. The minimum atomic E-state index is -4.06. The van der Waals surface area contributed by atoms with Crippen LogP contribution < -0.4 is 5.73 Å². The van der Waals surface area contributed by atoms with Gasteiger partial charge in [0.05, 0.1) is 12.7 Å². The van der Waals surface area contributed by atoms with E-state index in [0.717, 1.165) is 16.4 Å². The van der Waals surface area contributed by atoms with E-state index >= 15 is 0 Å². The average molecular weight is 322 g/mol. The molecule has 0 aromatic heterocycles. The highest BCUT2D eigenvalue weighted by atomic mass is 32.2. The Balaban J connectivity index is 3.03. The molecule has 0 fully saturated rings. The van der Waals surface area contributed by atoms with Gasteiger partial charge in [-0.25, -0.2) is 17.2 Å². The van der Waals surface area contributed by atoms with Crippen molar-refractivity contribution in [3.63, 3.8) is 0 Å². The van der Waals surface area contributed by atoms with Crippen molar-refractivity contribution in [2.45, 2.75) is 31.4 Å². The zero-order chi connectivity index (χ0) is 16.2. The van der Waals surface area contributed by atoms with Gasteiger partial charge in [0.25, 0.3) is 0 Å². The molecular formula is C13H20F2N2O3S. The first-order valence-electron chi connectivity index (χ1n) is 6.46. The summed E-state index contributed by atoms with van der Waals surface area (Å²) in [6.07, 6.45) is -0.0347. The first-order valence-corrected chi connectivity index (χ1v) is 7.90. The van der Waals surface area contributed by atoms with Crippen LogP contribution in [0, 0.1) is 11.6 Å². The lowest BCUT2D eigenvalue weighted by molar-refractivity contribution is 0.0737. The minimum Gasteiger partial charge on any atom is -0.377 e. The molecule has 0 aliphatic heterocycles. The van der Waals surface area contributed by atoms with Crippen molar-refractivity contribution in [3.8, 4) is 0 Å². The van der Waals surface area contributed by atoms with Crippen molar-refractivity contribution >= 4 is 10.0 Å². The summed E-state index contributed by atoms with van der Waals surface area (Å²) in [5.74, 6) is -2.01. The van der Waals surface area contributed by atoms with Gasteiger partial charge in [-0.1, -0.05) is 0 Å². The molecule has 0 spiro atoms. The van der Waals surface area contributed by atoms with Crippen LogP contribution in [0.5, 0.6) is 0 Å². The summed E-state index contributed by atoms with van der Waals surface area (Å²) < 4.78 is 58.2. The Bertz CT molecular complexity index is 591. The van der Waals surface area contributed by atoms with Gasteiger partial charge in [0.2, 0.25) is 10.0 Å². The number of rotatable bonds is 7. The summed E-state index contributed by atoms with van der Waals surface area (Å²) in [6.45, 7) is 3.47. The third-order valence-corrected chi connectivity index (χ3v) is 4.77. The third kappa shape index (κ3) is 4.19. The molecule has 0 aliphatic rings. The van der Waals surface area contributed by atoms with Crippen molar-refractivity contribution in [1.29, 1.82) is 0 Å². The molecule has 1 aromatic carbocycles. The highest BCUT2D eigenvalue weighted by molar-refractivity contribution is 7.89. The van der Waals surface area contributed by atoms with Crippen LogP contribution in [-0.4, -0.2) is 39.0 Å². The largest absolute Gasteiger partial charge is 0.377 e. The van der Waals surface area contributed by atoms with Crippen LogP contribution >= 0.6 is 0 Å². The van der Waals surface area contributed by atoms with Crippen LogP contribution in [0.2, 0.25) is 0 Å². The van der Waals surface area contributed by atoms with Crippen molar-refractivity contribution in [3.05, 3.63) is 29.3 Å². The molecule has 21 heavy (non-hydrogen) atoms. The highest BCUT2D eigenvalue weighted by Gasteiger charge is 2.27. The SMILES string of the molecule is CC(C)OCCN(C)S(=O)(=O)c1ccc(F)c(CN)c1F. The fourth-order valence-electron chi connectivity index (χ4n) is 1.67. The Labute approximate surface area is 123 Å². The van der Waals surface area contributed by atoms with E-state index in [-0.39, 0.29) is 19.3 Å². The quantitative estimate of drug-likeness (QED) is 0.825. The van der Waals surface area contributed by atoms with Crippen molar-refractivity contribution in [2.24, 2.45) is 5.73 Å². The number of sulfonamides is 1. The van der Waals surface area contributed by atoms with E-state index in [9.17, 15) is 17.2 Å². The van der Waals surface area contributed by atoms with E-state index in [1.165, 1.54) is 7.05 Å². The Hall–Kier alpha value is -1.09. The smallest absolute Gasteiger partial charge is 0.245 e. The number of hydrogen-bond donors (Lipinski definition) is 1. The molecule has 0 radical (unpaired) electrons. The number of nitrogens with two attached hydrogens (primary N) is 1. The van der Waals surface area contributed by atoms with Crippen LogP contribution in [0.1, 0.15) is 19.4 Å². The standard InChI is InChI=1S/C13H20F2N2O3S/c1-9(2)20-7-6-17(3)21(18,19)12-5-4-11(14)10(8-16)13(12)15/h4-5,9H,6-8,16H2,1-3H3. The molecule has 1 rings (SSSR count). The van der Waals surface area contributed by atoms with E-state index in [1.807, 2.05) is 13.8 Å². The number of likely N-dealkylation sites (N-methyl/N-ethyl adjacent to an activating group) is 1. The number of hydrogen-bond acceptors (Lipinski definition) is 4. The summed E-state index contributed by atoms with van der Waals surface area (Å²) in [6, 6.07) is 1.80. The van der Waals surface area contributed by atoms with Crippen molar-refractivity contribution in [1.82, 2.24) is 4.31 Å². The second kappa shape index (κ2) is 7.26. The van der Waals surface area contributed by atoms with Crippen LogP contribution in [0.15, 0.2) is 17.0 Å². The molecule has 8 heteroatoms. The summed E-state index contributed by atoms with van der Waals surface area (Å²) >= 11 is 0. The molecule has 0 atom stereocenters. The molecule has 5 nitrogen and oxygen atoms in total. The summed E-state index contributed by atoms with van der Waals surface area (Å²) in [5.41, 5.74) is 4.80. The van der Waals surface area contributed by atoms with Gasteiger partial charge in [-0.3, -0.25) is 0 Å². The third-order valence-electron chi connectivity index (χ3n) is 2.90. The van der Waals surface area contributed by atoms with Crippen molar-refractivity contribution in [2.75, 3.05) is 20.2 Å². The first kappa shape index (κ1) is 18.0. The lowest BCUT2D eigenvalue weighted by Crippen LogP contribution is -2.31. The Morgan fingerprint density at radius 1 is 1.33 bits per heavy atom. The number of benzene rings is 1. The predicted octanol–water partition coefficient (Wildman–Crippen LogP) is 1.47. The predicted molar refractivity (Wildman–Crippen MR) is 75.2 cm³/mol.